The number of amides is 1. The maximum atomic E-state index is 13.7. The zero-order valence-electron chi connectivity index (χ0n) is 12.7. The molecule has 2 N–H and O–H groups in total. The lowest BCUT2D eigenvalue weighted by Crippen LogP contribution is -2.30. The maximum absolute atomic E-state index is 13.7. The molecule has 0 aliphatic rings. The molecule has 0 spiro atoms. The molecular formula is C16H18FN3O2. The van der Waals surface area contributed by atoms with Crippen LogP contribution in [0.25, 0.3) is 0 Å². The number of ether oxygens (including phenoxy) is 1. The van der Waals surface area contributed by atoms with Crippen molar-refractivity contribution >= 4 is 11.6 Å². The van der Waals surface area contributed by atoms with Gasteiger partial charge in [0.15, 0.2) is 0 Å². The van der Waals surface area contributed by atoms with Gasteiger partial charge in [-0.05, 0) is 32.0 Å². The fourth-order valence-electron chi connectivity index (χ4n) is 1.83. The van der Waals surface area contributed by atoms with Gasteiger partial charge in [-0.25, -0.2) is 4.39 Å². The first-order valence-corrected chi connectivity index (χ1v) is 6.91. The summed E-state index contributed by atoms with van der Waals surface area (Å²) in [5.74, 6) is 0.0717. The number of pyridine rings is 1. The lowest BCUT2D eigenvalue weighted by molar-refractivity contribution is 0.0937. The third-order valence-electron chi connectivity index (χ3n) is 2.83. The number of nitrogens with one attached hydrogen (secondary N) is 2. The van der Waals surface area contributed by atoms with Crippen LogP contribution < -0.4 is 15.4 Å². The van der Waals surface area contributed by atoms with E-state index in [-0.39, 0.29) is 17.6 Å². The molecule has 0 saturated heterocycles. The summed E-state index contributed by atoms with van der Waals surface area (Å²) in [5, 5.41) is 5.48. The average molecular weight is 303 g/mol. The Balaban J connectivity index is 2.16. The number of aromatic nitrogens is 1. The summed E-state index contributed by atoms with van der Waals surface area (Å²) in [7, 11) is 1.64. The van der Waals surface area contributed by atoms with Gasteiger partial charge in [0.1, 0.15) is 23.0 Å². The van der Waals surface area contributed by atoms with E-state index in [1.54, 1.807) is 25.2 Å². The number of rotatable bonds is 5. The van der Waals surface area contributed by atoms with Crippen molar-refractivity contribution in [1.82, 2.24) is 10.3 Å². The smallest absolute Gasteiger partial charge is 0.270 e. The Kier molecular flexibility index (Phi) is 4.93. The lowest BCUT2D eigenvalue weighted by Gasteiger charge is -2.10. The number of anilines is 1. The average Bonchev–Trinajstić information content (AvgIpc) is 2.47. The second kappa shape index (κ2) is 6.89. The van der Waals surface area contributed by atoms with Crippen molar-refractivity contribution in [2.45, 2.75) is 19.9 Å². The molecular weight excluding hydrogens is 285 g/mol. The van der Waals surface area contributed by atoms with Gasteiger partial charge in [0, 0.05) is 31.4 Å². The van der Waals surface area contributed by atoms with Crippen LogP contribution in [0.3, 0.4) is 0 Å². The summed E-state index contributed by atoms with van der Waals surface area (Å²) in [6, 6.07) is 7.64. The van der Waals surface area contributed by atoms with Crippen molar-refractivity contribution in [2.75, 3.05) is 12.4 Å². The van der Waals surface area contributed by atoms with E-state index in [9.17, 15) is 9.18 Å². The topological polar surface area (TPSA) is 63.2 Å². The van der Waals surface area contributed by atoms with Gasteiger partial charge in [0.2, 0.25) is 0 Å². The van der Waals surface area contributed by atoms with Crippen molar-refractivity contribution in [3.63, 3.8) is 0 Å². The van der Waals surface area contributed by atoms with Crippen molar-refractivity contribution in [2.24, 2.45) is 0 Å². The minimum atomic E-state index is -0.410. The monoisotopic (exact) mass is 303 g/mol. The third kappa shape index (κ3) is 3.94. The molecule has 2 aromatic rings. The van der Waals surface area contributed by atoms with Crippen LogP contribution in [0.2, 0.25) is 0 Å². The fraction of sp³-hybridized carbons (Fsp3) is 0.250. The van der Waals surface area contributed by atoms with E-state index < -0.39 is 5.82 Å². The number of nitrogens with zero attached hydrogens (tertiary/aromatic N) is 1. The van der Waals surface area contributed by atoms with E-state index >= 15 is 0 Å². The van der Waals surface area contributed by atoms with E-state index in [0.29, 0.717) is 17.2 Å². The molecule has 0 fully saturated rings. The highest BCUT2D eigenvalue weighted by atomic mass is 19.1. The summed E-state index contributed by atoms with van der Waals surface area (Å²) >= 11 is 0. The molecule has 22 heavy (non-hydrogen) atoms. The van der Waals surface area contributed by atoms with Crippen molar-refractivity contribution in [1.29, 1.82) is 0 Å². The van der Waals surface area contributed by atoms with E-state index in [0.717, 1.165) is 0 Å². The van der Waals surface area contributed by atoms with Crippen LogP contribution >= 0.6 is 0 Å². The highest BCUT2D eigenvalue weighted by Crippen LogP contribution is 2.25. The zero-order valence-corrected chi connectivity index (χ0v) is 12.7. The van der Waals surface area contributed by atoms with Gasteiger partial charge in [-0.15, -0.1) is 0 Å². The van der Waals surface area contributed by atoms with Gasteiger partial charge in [-0.3, -0.25) is 9.78 Å². The third-order valence-corrected chi connectivity index (χ3v) is 2.83. The van der Waals surface area contributed by atoms with E-state index in [1.165, 1.54) is 18.3 Å². The number of benzene rings is 1. The molecule has 0 radical (unpaired) electrons. The molecule has 0 atom stereocenters. The minimum absolute atomic E-state index is 0.0158. The molecule has 0 unspecified atom stereocenters. The first-order valence-electron chi connectivity index (χ1n) is 6.91. The molecule has 0 saturated carbocycles. The van der Waals surface area contributed by atoms with Crippen LogP contribution in [0.4, 0.5) is 10.1 Å². The molecule has 116 valence electrons. The van der Waals surface area contributed by atoms with Crippen LogP contribution in [-0.2, 0) is 0 Å². The highest BCUT2D eigenvalue weighted by Gasteiger charge is 2.10. The Bertz CT molecular complexity index is 674. The quantitative estimate of drug-likeness (QED) is 0.890. The molecule has 6 heteroatoms. The fourth-order valence-corrected chi connectivity index (χ4v) is 1.83. The largest absolute Gasteiger partial charge is 0.457 e. The van der Waals surface area contributed by atoms with E-state index in [1.807, 2.05) is 13.8 Å². The summed E-state index contributed by atoms with van der Waals surface area (Å²) in [6.45, 7) is 3.73. The molecule has 1 heterocycles. The van der Waals surface area contributed by atoms with E-state index in [4.69, 9.17) is 4.74 Å². The molecule has 2 rings (SSSR count). The van der Waals surface area contributed by atoms with Gasteiger partial charge in [-0.2, -0.15) is 0 Å². The number of hydrogen-bond acceptors (Lipinski definition) is 4. The Morgan fingerprint density at radius 3 is 2.59 bits per heavy atom. The molecule has 1 aromatic carbocycles. The first-order chi connectivity index (χ1) is 10.5. The SMILES string of the molecule is CNc1ccc(Oc2ccnc(C(=O)NC(C)C)c2)cc1F. The lowest BCUT2D eigenvalue weighted by atomic mass is 10.2. The Morgan fingerprint density at radius 2 is 1.95 bits per heavy atom. The predicted octanol–water partition coefficient (Wildman–Crippen LogP) is 3.19. The number of carbonyl (C=O) groups excluding carboxylic acids is 1. The second-order valence-corrected chi connectivity index (χ2v) is 5.00. The number of carbonyl (C=O) groups is 1. The molecule has 0 aliphatic carbocycles. The van der Waals surface area contributed by atoms with Gasteiger partial charge in [-0.1, -0.05) is 0 Å². The van der Waals surface area contributed by atoms with Gasteiger partial charge in [0.25, 0.3) is 5.91 Å². The number of halogens is 1. The highest BCUT2D eigenvalue weighted by molar-refractivity contribution is 5.92. The van der Waals surface area contributed by atoms with Crippen LogP contribution in [0.15, 0.2) is 36.5 Å². The summed E-state index contributed by atoms with van der Waals surface area (Å²) in [6.07, 6.45) is 1.48. The van der Waals surface area contributed by atoms with Crippen molar-refractivity contribution < 1.29 is 13.9 Å². The molecule has 0 aliphatic heterocycles. The van der Waals surface area contributed by atoms with Gasteiger partial charge < -0.3 is 15.4 Å². The summed E-state index contributed by atoms with van der Waals surface area (Å²) < 4.78 is 19.3. The maximum Gasteiger partial charge on any atom is 0.270 e. The predicted molar refractivity (Wildman–Crippen MR) is 82.9 cm³/mol. The molecule has 0 bridgehead atoms. The van der Waals surface area contributed by atoms with Crippen LogP contribution in [-0.4, -0.2) is 24.0 Å². The molecule has 1 amide bonds. The molecule has 5 nitrogen and oxygen atoms in total. The standard InChI is InChI=1S/C16H18FN3O2/c1-10(2)20-16(21)15-9-12(6-7-19-15)22-11-4-5-14(18-3)13(17)8-11/h4-10,18H,1-3H3,(H,20,21). The minimum Gasteiger partial charge on any atom is -0.457 e. The van der Waals surface area contributed by atoms with Crippen LogP contribution in [0.5, 0.6) is 11.5 Å². The zero-order chi connectivity index (χ0) is 16.1. The first kappa shape index (κ1) is 15.8. The van der Waals surface area contributed by atoms with Crippen LogP contribution in [0.1, 0.15) is 24.3 Å². The Hall–Kier alpha value is -2.63. The Morgan fingerprint density at radius 1 is 1.23 bits per heavy atom. The normalized spacial score (nSPS) is 10.4. The van der Waals surface area contributed by atoms with Crippen molar-refractivity contribution in [3.05, 3.63) is 48.0 Å². The number of hydrogen-bond donors (Lipinski definition) is 2. The van der Waals surface area contributed by atoms with Gasteiger partial charge >= 0.3 is 0 Å². The van der Waals surface area contributed by atoms with Crippen molar-refractivity contribution in [3.8, 4) is 11.5 Å². The molecule has 1 aromatic heterocycles. The summed E-state index contributed by atoms with van der Waals surface area (Å²) in [4.78, 5) is 15.9. The summed E-state index contributed by atoms with van der Waals surface area (Å²) in [5.41, 5.74) is 0.637. The van der Waals surface area contributed by atoms with Gasteiger partial charge in [0.05, 0.1) is 5.69 Å². The van der Waals surface area contributed by atoms with Crippen LogP contribution in [0, 0.1) is 5.82 Å². The Labute approximate surface area is 128 Å². The second-order valence-electron chi connectivity index (χ2n) is 5.00. The van der Waals surface area contributed by atoms with E-state index in [2.05, 4.69) is 15.6 Å².